The highest BCUT2D eigenvalue weighted by Crippen LogP contribution is 2.24. The molecule has 9 nitrogen and oxygen atoms in total. The number of amides is 2. The Kier molecular flexibility index (Phi) is 7.48. The second-order valence-corrected chi connectivity index (χ2v) is 7.92. The van der Waals surface area contributed by atoms with Crippen molar-refractivity contribution in [1.29, 1.82) is 0 Å². The van der Waals surface area contributed by atoms with E-state index < -0.39 is 18.1 Å². The Morgan fingerprint density at radius 2 is 2.17 bits per heavy atom. The molecule has 1 aromatic rings. The van der Waals surface area contributed by atoms with E-state index >= 15 is 0 Å². The third kappa shape index (κ3) is 5.84. The molecule has 3 heterocycles. The average molecular weight is 418 g/mol. The number of nitrogens with zero attached hydrogens (tertiary/aromatic N) is 2. The summed E-state index contributed by atoms with van der Waals surface area (Å²) >= 11 is 0. The zero-order valence-electron chi connectivity index (χ0n) is 17.4. The van der Waals surface area contributed by atoms with Gasteiger partial charge in [-0.25, -0.2) is 14.6 Å². The molecule has 3 rings (SSSR count). The first-order valence-corrected chi connectivity index (χ1v) is 10.6. The number of hydrogen-bond donors (Lipinski definition) is 3. The lowest BCUT2D eigenvalue weighted by molar-refractivity contribution is -0.145. The maximum Gasteiger partial charge on any atom is 0.407 e. The number of alkyl carbamates (subject to hydrolysis) is 1. The number of hydrogen-bond acceptors (Lipinski definition) is 6. The number of nitrogens with one attached hydrogen (secondary N) is 2. The lowest BCUT2D eigenvalue weighted by atomic mass is 9.93. The van der Waals surface area contributed by atoms with Gasteiger partial charge in [0.25, 0.3) is 0 Å². The summed E-state index contributed by atoms with van der Waals surface area (Å²) in [6.45, 7) is 4.22. The van der Waals surface area contributed by atoms with Gasteiger partial charge in [0, 0.05) is 25.3 Å². The summed E-state index contributed by atoms with van der Waals surface area (Å²) in [5, 5.41) is 14.8. The number of carbonyl (C=O) groups is 3. The monoisotopic (exact) mass is 418 g/mol. The maximum atomic E-state index is 12.4. The van der Waals surface area contributed by atoms with Crippen LogP contribution < -0.4 is 10.6 Å². The van der Waals surface area contributed by atoms with Gasteiger partial charge in [-0.3, -0.25) is 4.79 Å². The van der Waals surface area contributed by atoms with Gasteiger partial charge in [0.1, 0.15) is 11.9 Å². The third-order valence-electron chi connectivity index (χ3n) is 5.48. The molecule has 1 atom stereocenters. The summed E-state index contributed by atoms with van der Waals surface area (Å²) in [5.41, 5.74) is 2.32. The fourth-order valence-electron chi connectivity index (χ4n) is 3.70. The highest BCUT2D eigenvalue weighted by molar-refractivity contribution is 5.87. The highest BCUT2D eigenvalue weighted by atomic mass is 16.5. The van der Waals surface area contributed by atoms with E-state index in [4.69, 9.17) is 9.72 Å². The van der Waals surface area contributed by atoms with E-state index in [0.717, 1.165) is 43.7 Å². The van der Waals surface area contributed by atoms with E-state index in [2.05, 4.69) is 22.8 Å². The molecule has 0 saturated carbocycles. The average Bonchev–Trinajstić information content (AvgIpc) is 2.70. The van der Waals surface area contributed by atoms with Gasteiger partial charge >= 0.3 is 12.1 Å². The van der Waals surface area contributed by atoms with Gasteiger partial charge in [0.05, 0.1) is 13.0 Å². The Balaban J connectivity index is 1.40. The first kappa shape index (κ1) is 21.9. The highest BCUT2D eigenvalue weighted by Gasteiger charge is 2.33. The molecule has 0 bridgehead atoms. The molecule has 2 aliphatic heterocycles. The third-order valence-corrected chi connectivity index (χ3v) is 5.48. The molecule has 2 aliphatic rings. The van der Waals surface area contributed by atoms with E-state index in [1.165, 1.54) is 5.56 Å². The first-order chi connectivity index (χ1) is 14.5. The van der Waals surface area contributed by atoms with Gasteiger partial charge in [-0.05, 0) is 49.7 Å². The van der Waals surface area contributed by atoms with Gasteiger partial charge in [-0.1, -0.05) is 13.0 Å². The quantitative estimate of drug-likeness (QED) is 0.559. The summed E-state index contributed by atoms with van der Waals surface area (Å²) < 4.78 is 4.83. The van der Waals surface area contributed by atoms with Crippen LogP contribution in [0.5, 0.6) is 0 Å². The number of rotatable bonds is 9. The van der Waals surface area contributed by atoms with Crippen LogP contribution in [0.15, 0.2) is 12.1 Å². The molecule has 9 heteroatoms. The van der Waals surface area contributed by atoms with Crippen LogP contribution >= 0.6 is 0 Å². The van der Waals surface area contributed by atoms with Crippen molar-refractivity contribution in [2.24, 2.45) is 5.92 Å². The van der Waals surface area contributed by atoms with Gasteiger partial charge in [0.15, 0.2) is 0 Å². The summed E-state index contributed by atoms with van der Waals surface area (Å²) in [6.07, 6.45) is 3.53. The molecule has 1 unspecified atom stereocenters. The molecule has 3 N–H and O–H groups in total. The lowest BCUT2D eigenvalue weighted by Gasteiger charge is -2.40. The van der Waals surface area contributed by atoms with Gasteiger partial charge in [0.2, 0.25) is 5.91 Å². The molecule has 0 radical (unpaired) electrons. The van der Waals surface area contributed by atoms with E-state index in [-0.39, 0.29) is 18.9 Å². The van der Waals surface area contributed by atoms with E-state index in [9.17, 15) is 19.5 Å². The number of pyridine rings is 1. The molecule has 30 heavy (non-hydrogen) atoms. The smallest absolute Gasteiger partial charge is 0.407 e. The number of carboxylic acid groups (broad SMARTS) is 1. The Morgan fingerprint density at radius 3 is 2.90 bits per heavy atom. The van der Waals surface area contributed by atoms with E-state index in [0.29, 0.717) is 25.4 Å². The first-order valence-electron chi connectivity index (χ1n) is 10.6. The standard InChI is InChI=1S/C21H30N4O5/c1-2-10-30-21(29)24-17(20(27)28)11-18(26)25-12-14(13-25)5-7-16-8-6-15-4-3-9-22-19(15)23-16/h6,8,14,17H,2-5,7,9-13H2,1H3,(H,22,23)(H,24,29)(H,27,28). The van der Waals surface area contributed by atoms with Crippen molar-refractivity contribution in [3.8, 4) is 0 Å². The van der Waals surface area contributed by atoms with Crippen molar-refractivity contribution in [2.45, 2.75) is 51.5 Å². The lowest BCUT2D eigenvalue weighted by Crippen LogP contribution is -2.53. The molecule has 0 aromatic carbocycles. The van der Waals surface area contributed by atoms with Crippen molar-refractivity contribution in [3.63, 3.8) is 0 Å². The van der Waals surface area contributed by atoms with Crippen LogP contribution in [0.1, 0.15) is 43.9 Å². The number of aliphatic carboxylic acids is 1. The molecule has 164 valence electrons. The minimum Gasteiger partial charge on any atom is -0.480 e. The van der Waals surface area contributed by atoms with Gasteiger partial charge in [-0.2, -0.15) is 0 Å². The maximum absolute atomic E-state index is 12.4. The largest absolute Gasteiger partial charge is 0.480 e. The molecule has 0 spiro atoms. The van der Waals surface area contributed by atoms with Crippen LogP contribution in [0.3, 0.4) is 0 Å². The Labute approximate surface area is 176 Å². The predicted molar refractivity (Wildman–Crippen MR) is 110 cm³/mol. The Morgan fingerprint density at radius 1 is 1.37 bits per heavy atom. The Bertz CT molecular complexity index is 779. The summed E-state index contributed by atoms with van der Waals surface area (Å²) in [6, 6.07) is 2.94. The zero-order chi connectivity index (χ0) is 21.5. The normalized spacial score (nSPS) is 16.6. The van der Waals surface area contributed by atoms with Crippen LogP contribution in [0.25, 0.3) is 0 Å². The molecule has 0 aliphatic carbocycles. The second kappa shape index (κ2) is 10.3. The van der Waals surface area contributed by atoms with Crippen LogP contribution in [-0.2, 0) is 27.2 Å². The number of anilines is 1. The molecule has 2 amide bonds. The van der Waals surface area contributed by atoms with Crippen molar-refractivity contribution in [2.75, 3.05) is 31.6 Å². The van der Waals surface area contributed by atoms with Crippen molar-refractivity contribution in [1.82, 2.24) is 15.2 Å². The van der Waals surface area contributed by atoms with Gasteiger partial charge in [-0.15, -0.1) is 0 Å². The fourth-order valence-corrected chi connectivity index (χ4v) is 3.70. The summed E-state index contributed by atoms with van der Waals surface area (Å²) in [7, 11) is 0. The molecule has 1 aromatic heterocycles. The molecular weight excluding hydrogens is 388 g/mol. The fraction of sp³-hybridized carbons (Fsp3) is 0.619. The second-order valence-electron chi connectivity index (χ2n) is 7.92. The number of carboxylic acids is 1. The topological polar surface area (TPSA) is 121 Å². The van der Waals surface area contributed by atoms with Gasteiger partial charge < -0.3 is 25.4 Å². The van der Waals surface area contributed by atoms with Crippen molar-refractivity contribution >= 4 is 23.8 Å². The minimum atomic E-state index is -1.28. The van der Waals surface area contributed by atoms with Crippen molar-refractivity contribution < 1.29 is 24.2 Å². The number of carbonyl (C=O) groups excluding carboxylic acids is 2. The molecule has 1 saturated heterocycles. The van der Waals surface area contributed by atoms with Crippen LogP contribution in [0, 0.1) is 5.92 Å². The number of aryl methyl sites for hydroxylation is 2. The Hall–Kier alpha value is -2.84. The van der Waals surface area contributed by atoms with Crippen LogP contribution in [-0.4, -0.2) is 65.2 Å². The van der Waals surface area contributed by atoms with Crippen molar-refractivity contribution in [3.05, 3.63) is 23.4 Å². The number of ether oxygens (including phenoxy) is 1. The van der Waals surface area contributed by atoms with E-state index in [1.54, 1.807) is 4.90 Å². The SMILES string of the molecule is CCCOC(=O)NC(CC(=O)N1CC(CCc2ccc3c(n2)NCCC3)C1)C(=O)O. The number of likely N-dealkylation sites (tertiary alicyclic amines) is 1. The number of fused-ring (bicyclic) bond motifs is 1. The zero-order valence-corrected chi connectivity index (χ0v) is 17.4. The van der Waals surface area contributed by atoms with Crippen LogP contribution in [0.2, 0.25) is 0 Å². The molecule has 1 fully saturated rings. The predicted octanol–water partition coefficient (Wildman–Crippen LogP) is 1.81. The van der Waals surface area contributed by atoms with E-state index in [1.807, 2.05) is 6.92 Å². The minimum absolute atomic E-state index is 0.203. The summed E-state index contributed by atoms with van der Waals surface area (Å²) in [4.78, 5) is 41.6. The summed E-state index contributed by atoms with van der Waals surface area (Å²) in [5.74, 6) is -0.147. The van der Waals surface area contributed by atoms with Crippen LogP contribution in [0.4, 0.5) is 10.6 Å². The number of aromatic nitrogens is 1. The molecular formula is C21H30N4O5.